The van der Waals surface area contributed by atoms with E-state index in [1.807, 2.05) is 11.8 Å². The summed E-state index contributed by atoms with van der Waals surface area (Å²) in [6.45, 7) is 6.60. The lowest BCUT2D eigenvalue weighted by molar-refractivity contribution is 0.0538. The van der Waals surface area contributed by atoms with Gasteiger partial charge in [0.15, 0.2) is 16.1 Å². The van der Waals surface area contributed by atoms with Gasteiger partial charge >= 0.3 is 5.97 Å². The number of aromatic amines is 1. The lowest BCUT2D eigenvalue weighted by Gasteiger charge is -2.37. The molecule has 1 saturated heterocycles. The molecule has 1 aliphatic heterocycles. The molecule has 2 aromatic rings. The quantitative estimate of drug-likeness (QED) is 0.605. The van der Waals surface area contributed by atoms with Crippen LogP contribution in [0.5, 0.6) is 0 Å². The smallest absolute Gasteiger partial charge is 0.348 e. The Labute approximate surface area is 176 Å². The van der Waals surface area contributed by atoms with Crippen LogP contribution in [-0.2, 0) is 11.2 Å². The fourth-order valence-corrected chi connectivity index (χ4v) is 4.42. The van der Waals surface area contributed by atoms with Crippen molar-refractivity contribution in [3.05, 3.63) is 33.8 Å². The normalized spacial score (nSPS) is 19.2. The summed E-state index contributed by atoms with van der Waals surface area (Å²) in [6.07, 6.45) is 2.39. The van der Waals surface area contributed by atoms with Crippen LogP contribution in [-0.4, -0.2) is 64.3 Å². The number of carboxylic acids is 1. The van der Waals surface area contributed by atoms with Crippen molar-refractivity contribution in [2.75, 3.05) is 25.1 Å². The molecule has 0 aromatic carbocycles. The third-order valence-corrected chi connectivity index (χ3v) is 6.21. The highest BCUT2D eigenvalue weighted by atomic mass is 35.5. The second-order valence-corrected chi connectivity index (χ2v) is 7.85. The highest BCUT2D eigenvalue weighted by Crippen LogP contribution is 2.30. The monoisotopic (exact) mass is 439 g/mol. The fraction of sp³-hybridized carbons (Fsp3) is 0.444. The van der Waals surface area contributed by atoms with E-state index in [2.05, 4.69) is 26.8 Å². The van der Waals surface area contributed by atoms with Gasteiger partial charge in [-0.15, -0.1) is 0 Å². The van der Waals surface area contributed by atoms with Crippen LogP contribution in [0.15, 0.2) is 6.58 Å². The number of aryl methyl sites for hydroxylation is 1. The largest absolute Gasteiger partial charge is 0.477 e. The number of aromatic carboxylic acids is 1. The standard InChI is InChI=1S/C18H22ClN5O4S/c1-4-9-13(17(26)27)29-18(22-9)24-7-6-11(12(8-24)28-3)21-16(25)15-20-10(5-2)14(19)23-15/h4,11-12H,1,5-8H2,2-3H3,(H,20,23)(H,21,25)(H,26,27). The first kappa shape index (κ1) is 21.3. The Morgan fingerprint density at radius 2 is 2.28 bits per heavy atom. The van der Waals surface area contributed by atoms with Crippen LogP contribution in [0.1, 0.15) is 45.0 Å². The maximum absolute atomic E-state index is 12.5. The Bertz CT molecular complexity index is 927. The molecule has 0 saturated carbocycles. The van der Waals surface area contributed by atoms with Gasteiger partial charge in [-0.25, -0.2) is 14.8 Å². The minimum absolute atomic E-state index is 0.154. The maximum Gasteiger partial charge on any atom is 0.348 e. The van der Waals surface area contributed by atoms with E-state index in [1.54, 1.807) is 7.11 Å². The minimum atomic E-state index is -1.03. The molecule has 1 fully saturated rings. The first-order valence-corrected chi connectivity index (χ1v) is 10.3. The molecule has 1 amide bonds. The number of ether oxygens (including phenoxy) is 1. The number of imidazole rings is 1. The first-order valence-electron chi connectivity index (χ1n) is 9.07. The van der Waals surface area contributed by atoms with Crippen LogP contribution in [0.3, 0.4) is 0 Å². The van der Waals surface area contributed by atoms with Crippen LogP contribution in [0.2, 0.25) is 5.15 Å². The third kappa shape index (κ3) is 4.44. The summed E-state index contributed by atoms with van der Waals surface area (Å²) in [7, 11) is 1.58. The van der Waals surface area contributed by atoms with Crippen LogP contribution < -0.4 is 10.2 Å². The molecule has 3 heterocycles. The van der Waals surface area contributed by atoms with Crippen molar-refractivity contribution in [2.45, 2.75) is 31.9 Å². The van der Waals surface area contributed by atoms with E-state index in [4.69, 9.17) is 16.3 Å². The van der Waals surface area contributed by atoms with Crippen molar-refractivity contribution in [3.8, 4) is 0 Å². The number of amides is 1. The summed E-state index contributed by atoms with van der Waals surface area (Å²) in [4.78, 5) is 37.4. The third-order valence-electron chi connectivity index (χ3n) is 4.78. The van der Waals surface area contributed by atoms with E-state index in [-0.39, 0.29) is 28.8 Å². The number of nitrogens with zero attached hydrogens (tertiary/aromatic N) is 3. The van der Waals surface area contributed by atoms with Crippen molar-refractivity contribution < 1.29 is 19.4 Å². The summed E-state index contributed by atoms with van der Waals surface area (Å²) in [6, 6.07) is -0.226. The number of halogens is 1. The number of methoxy groups -OCH3 is 1. The number of piperidine rings is 1. The molecule has 0 spiro atoms. The molecule has 3 rings (SSSR count). The van der Waals surface area contributed by atoms with Gasteiger partial charge in [-0.1, -0.05) is 36.4 Å². The SMILES string of the molecule is C=Cc1nc(N2CCC(NC(=O)c3nc(Cl)c(CC)[nH]3)C(OC)C2)sc1C(=O)O. The number of hydrogen-bond donors (Lipinski definition) is 3. The topological polar surface area (TPSA) is 120 Å². The van der Waals surface area contributed by atoms with E-state index in [9.17, 15) is 14.7 Å². The maximum atomic E-state index is 12.5. The van der Waals surface area contributed by atoms with Crippen molar-refractivity contribution in [1.82, 2.24) is 20.3 Å². The summed E-state index contributed by atoms with van der Waals surface area (Å²) < 4.78 is 5.58. The van der Waals surface area contributed by atoms with Crippen LogP contribution in [0.25, 0.3) is 6.08 Å². The molecule has 0 bridgehead atoms. The summed E-state index contributed by atoms with van der Waals surface area (Å²) in [5, 5.41) is 13.1. The van der Waals surface area contributed by atoms with Gasteiger partial charge in [0.05, 0.1) is 23.5 Å². The molecule has 156 valence electrons. The highest BCUT2D eigenvalue weighted by molar-refractivity contribution is 7.17. The molecule has 1 aliphatic rings. The number of thiazole rings is 1. The van der Waals surface area contributed by atoms with Gasteiger partial charge in [-0.05, 0) is 18.9 Å². The molecular formula is C18H22ClN5O4S. The number of rotatable bonds is 7. The summed E-state index contributed by atoms with van der Waals surface area (Å²) in [5.41, 5.74) is 1.06. The summed E-state index contributed by atoms with van der Waals surface area (Å²) >= 11 is 7.12. The Kier molecular flexibility index (Phi) is 6.56. The molecule has 2 aromatic heterocycles. The molecule has 29 heavy (non-hydrogen) atoms. The molecular weight excluding hydrogens is 418 g/mol. The lowest BCUT2D eigenvalue weighted by atomic mass is 10.0. The molecule has 2 unspecified atom stereocenters. The Morgan fingerprint density at radius 1 is 1.52 bits per heavy atom. The van der Waals surface area contributed by atoms with Gasteiger partial charge in [-0.2, -0.15) is 0 Å². The van der Waals surface area contributed by atoms with Crippen molar-refractivity contribution in [1.29, 1.82) is 0 Å². The Hall–Kier alpha value is -2.43. The zero-order valence-electron chi connectivity index (χ0n) is 16.1. The Balaban J connectivity index is 1.70. The summed E-state index contributed by atoms with van der Waals surface area (Å²) in [5.74, 6) is -1.20. The number of anilines is 1. The van der Waals surface area contributed by atoms with Crippen molar-refractivity contribution in [2.24, 2.45) is 0 Å². The van der Waals surface area contributed by atoms with Crippen molar-refractivity contribution in [3.63, 3.8) is 0 Å². The predicted octanol–water partition coefficient (Wildman–Crippen LogP) is 2.45. The average molecular weight is 440 g/mol. The van der Waals surface area contributed by atoms with E-state index < -0.39 is 5.97 Å². The molecule has 11 heteroatoms. The van der Waals surface area contributed by atoms with Gasteiger partial charge in [0, 0.05) is 20.2 Å². The molecule has 9 nitrogen and oxygen atoms in total. The highest BCUT2D eigenvalue weighted by Gasteiger charge is 2.33. The molecule has 0 aliphatic carbocycles. The average Bonchev–Trinajstić information content (AvgIpc) is 3.31. The zero-order chi connectivity index (χ0) is 21.1. The van der Waals surface area contributed by atoms with E-state index in [1.165, 1.54) is 6.08 Å². The zero-order valence-corrected chi connectivity index (χ0v) is 17.6. The molecule has 3 N–H and O–H groups in total. The van der Waals surface area contributed by atoms with Gasteiger partial charge in [0.25, 0.3) is 5.91 Å². The predicted molar refractivity (Wildman–Crippen MR) is 111 cm³/mol. The first-order chi connectivity index (χ1) is 13.9. The minimum Gasteiger partial charge on any atom is -0.477 e. The number of H-pyrrole nitrogens is 1. The van der Waals surface area contributed by atoms with Crippen molar-refractivity contribution >= 4 is 46.0 Å². The lowest BCUT2D eigenvalue weighted by Crippen LogP contribution is -2.55. The van der Waals surface area contributed by atoms with Crippen LogP contribution in [0, 0.1) is 0 Å². The number of aromatic nitrogens is 3. The second-order valence-electron chi connectivity index (χ2n) is 6.52. The number of nitrogens with one attached hydrogen (secondary N) is 2. The van der Waals surface area contributed by atoms with E-state index in [0.29, 0.717) is 47.6 Å². The number of carboxylic acid groups (broad SMARTS) is 1. The van der Waals surface area contributed by atoms with Gasteiger partial charge in [-0.3, -0.25) is 4.79 Å². The molecule has 0 radical (unpaired) electrons. The van der Waals surface area contributed by atoms with E-state index in [0.717, 1.165) is 11.3 Å². The number of carbonyl (C=O) groups excluding carboxylic acids is 1. The number of carbonyl (C=O) groups is 2. The van der Waals surface area contributed by atoms with E-state index >= 15 is 0 Å². The van der Waals surface area contributed by atoms with Crippen LogP contribution >= 0.6 is 22.9 Å². The second kappa shape index (κ2) is 8.93. The fourth-order valence-electron chi connectivity index (χ4n) is 3.21. The van der Waals surface area contributed by atoms with Crippen LogP contribution in [0.4, 0.5) is 5.13 Å². The van der Waals surface area contributed by atoms with Gasteiger partial charge < -0.3 is 25.0 Å². The Morgan fingerprint density at radius 3 is 2.83 bits per heavy atom. The van der Waals surface area contributed by atoms with Gasteiger partial charge in [0.2, 0.25) is 0 Å². The number of hydrogen-bond acceptors (Lipinski definition) is 7. The van der Waals surface area contributed by atoms with Gasteiger partial charge in [0.1, 0.15) is 4.88 Å². The molecule has 2 atom stereocenters.